The maximum Gasteiger partial charge on any atom is 0.158 e. The summed E-state index contributed by atoms with van der Waals surface area (Å²) in [6, 6.07) is 1.77. The van der Waals surface area contributed by atoms with Crippen LogP contribution in [0.4, 0.5) is 11.6 Å². The Morgan fingerprint density at radius 2 is 2.16 bits per heavy atom. The first kappa shape index (κ1) is 14.0. The molecule has 0 spiro atoms. The minimum absolute atomic E-state index is 0.383. The van der Waals surface area contributed by atoms with Crippen LogP contribution in [0.25, 0.3) is 0 Å². The molecule has 106 valence electrons. The van der Waals surface area contributed by atoms with Gasteiger partial charge in [0.15, 0.2) is 5.82 Å². The van der Waals surface area contributed by atoms with E-state index in [2.05, 4.69) is 27.2 Å². The van der Waals surface area contributed by atoms with E-state index in [1.165, 1.54) is 25.9 Å². The van der Waals surface area contributed by atoms with Crippen molar-refractivity contribution in [2.75, 3.05) is 44.8 Å². The van der Waals surface area contributed by atoms with Crippen molar-refractivity contribution in [2.45, 2.75) is 19.4 Å². The van der Waals surface area contributed by atoms with Gasteiger partial charge in [0, 0.05) is 19.7 Å². The number of nitrogens with two attached hydrogens (primary N) is 1. The van der Waals surface area contributed by atoms with E-state index in [4.69, 9.17) is 10.5 Å². The van der Waals surface area contributed by atoms with E-state index in [0.29, 0.717) is 24.2 Å². The first-order valence-corrected chi connectivity index (χ1v) is 6.72. The number of piperidine rings is 1. The van der Waals surface area contributed by atoms with Crippen molar-refractivity contribution in [2.24, 2.45) is 5.92 Å². The van der Waals surface area contributed by atoms with Crippen LogP contribution in [0, 0.1) is 5.92 Å². The van der Waals surface area contributed by atoms with Crippen molar-refractivity contribution >= 4 is 11.6 Å². The van der Waals surface area contributed by atoms with Crippen LogP contribution in [0.5, 0.6) is 0 Å². The molecule has 3 N–H and O–H groups in total. The van der Waals surface area contributed by atoms with E-state index in [0.717, 1.165) is 12.4 Å². The summed E-state index contributed by atoms with van der Waals surface area (Å²) in [5, 5.41) is 3.36. The molecule has 1 saturated heterocycles. The van der Waals surface area contributed by atoms with Crippen molar-refractivity contribution in [3.63, 3.8) is 0 Å². The second kappa shape index (κ2) is 6.68. The fourth-order valence-electron chi connectivity index (χ4n) is 2.32. The van der Waals surface area contributed by atoms with Crippen LogP contribution in [-0.4, -0.2) is 48.7 Å². The molecule has 6 nitrogen and oxygen atoms in total. The maximum atomic E-state index is 5.76. The third-order valence-electron chi connectivity index (χ3n) is 3.48. The molecule has 0 amide bonds. The molecule has 0 bridgehead atoms. The van der Waals surface area contributed by atoms with E-state index < -0.39 is 0 Å². The summed E-state index contributed by atoms with van der Waals surface area (Å²) in [4.78, 5) is 10.9. The summed E-state index contributed by atoms with van der Waals surface area (Å²) in [5.74, 6) is 2.60. The molecule has 0 unspecified atom stereocenters. The molecule has 1 fully saturated rings. The number of anilines is 2. The summed E-state index contributed by atoms with van der Waals surface area (Å²) in [6.45, 7) is 3.67. The Kier molecular flexibility index (Phi) is 4.93. The van der Waals surface area contributed by atoms with Crippen molar-refractivity contribution in [3.05, 3.63) is 11.9 Å². The highest BCUT2D eigenvalue weighted by molar-refractivity contribution is 5.44. The molecule has 1 aliphatic heterocycles. The van der Waals surface area contributed by atoms with Crippen LogP contribution >= 0.6 is 0 Å². The van der Waals surface area contributed by atoms with Gasteiger partial charge in [-0.05, 0) is 38.9 Å². The second-order valence-corrected chi connectivity index (χ2v) is 5.15. The van der Waals surface area contributed by atoms with Gasteiger partial charge in [-0.25, -0.2) is 9.97 Å². The minimum atomic E-state index is 0.383. The Balaban J connectivity index is 1.88. The Hall–Kier alpha value is -1.40. The Morgan fingerprint density at radius 3 is 2.84 bits per heavy atom. The molecule has 0 atom stereocenters. The number of nitrogens with one attached hydrogen (secondary N) is 1. The zero-order valence-corrected chi connectivity index (χ0v) is 11.7. The van der Waals surface area contributed by atoms with Crippen LogP contribution < -0.4 is 11.1 Å². The van der Waals surface area contributed by atoms with Gasteiger partial charge in [0.05, 0.1) is 0 Å². The molecule has 0 aromatic carbocycles. The molecule has 0 aliphatic carbocycles. The molecule has 0 saturated carbocycles. The zero-order valence-electron chi connectivity index (χ0n) is 11.7. The van der Waals surface area contributed by atoms with Crippen LogP contribution in [0.3, 0.4) is 0 Å². The fourth-order valence-corrected chi connectivity index (χ4v) is 2.32. The zero-order chi connectivity index (χ0) is 13.7. The summed E-state index contributed by atoms with van der Waals surface area (Å²) in [6.07, 6.45) is 2.46. The highest BCUT2D eigenvalue weighted by Crippen LogP contribution is 2.17. The maximum absolute atomic E-state index is 5.76. The normalized spacial score (nSPS) is 17.6. The van der Waals surface area contributed by atoms with Crippen molar-refractivity contribution < 1.29 is 4.74 Å². The number of methoxy groups -OCH3 is 1. The highest BCUT2D eigenvalue weighted by atomic mass is 16.5. The van der Waals surface area contributed by atoms with Gasteiger partial charge in [-0.3, -0.25) is 0 Å². The van der Waals surface area contributed by atoms with Gasteiger partial charge in [-0.2, -0.15) is 0 Å². The number of nitrogens with zero attached hydrogens (tertiary/aromatic N) is 3. The lowest BCUT2D eigenvalue weighted by atomic mass is 9.97. The molecule has 6 heteroatoms. The van der Waals surface area contributed by atoms with E-state index in [-0.39, 0.29) is 0 Å². The number of rotatable bonds is 5. The number of hydrogen-bond donors (Lipinski definition) is 2. The number of ether oxygens (including phenoxy) is 1. The van der Waals surface area contributed by atoms with E-state index in [1.807, 2.05) is 0 Å². The molecule has 0 radical (unpaired) electrons. The van der Waals surface area contributed by atoms with E-state index in [1.54, 1.807) is 13.2 Å². The first-order valence-electron chi connectivity index (χ1n) is 6.72. The molecule has 2 heterocycles. The monoisotopic (exact) mass is 265 g/mol. The van der Waals surface area contributed by atoms with Crippen LogP contribution in [-0.2, 0) is 11.3 Å². The fraction of sp³-hybridized carbons (Fsp3) is 0.692. The lowest BCUT2D eigenvalue weighted by Gasteiger charge is -2.29. The minimum Gasteiger partial charge on any atom is -0.384 e. The topological polar surface area (TPSA) is 76.3 Å². The predicted molar refractivity (Wildman–Crippen MR) is 75.9 cm³/mol. The largest absolute Gasteiger partial charge is 0.384 e. The first-order chi connectivity index (χ1) is 9.17. The van der Waals surface area contributed by atoms with Crippen molar-refractivity contribution in [1.29, 1.82) is 0 Å². The second-order valence-electron chi connectivity index (χ2n) is 5.15. The summed E-state index contributed by atoms with van der Waals surface area (Å²) < 4.78 is 5.03. The average molecular weight is 265 g/mol. The van der Waals surface area contributed by atoms with Gasteiger partial charge >= 0.3 is 0 Å². The van der Waals surface area contributed by atoms with Crippen LogP contribution in [0.15, 0.2) is 6.07 Å². The van der Waals surface area contributed by atoms with E-state index >= 15 is 0 Å². The average Bonchev–Trinajstić information content (AvgIpc) is 2.38. The molecule has 1 aromatic heterocycles. The quantitative estimate of drug-likeness (QED) is 0.826. The van der Waals surface area contributed by atoms with Crippen LogP contribution in [0.1, 0.15) is 18.7 Å². The molecule has 1 aliphatic rings. The number of hydrogen-bond acceptors (Lipinski definition) is 6. The van der Waals surface area contributed by atoms with E-state index in [9.17, 15) is 0 Å². The number of nitrogen functional groups attached to an aromatic ring is 1. The Bertz CT molecular complexity index is 404. The number of aromatic nitrogens is 2. The number of likely N-dealkylation sites (tertiary alicyclic amines) is 1. The highest BCUT2D eigenvalue weighted by Gasteiger charge is 2.16. The van der Waals surface area contributed by atoms with Crippen molar-refractivity contribution in [1.82, 2.24) is 14.9 Å². The Labute approximate surface area is 114 Å². The van der Waals surface area contributed by atoms with Gasteiger partial charge in [0.2, 0.25) is 0 Å². The molecule has 1 aromatic rings. The molecular weight excluding hydrogens is 242 g/mol. The van der Waals surface area contributed by atoms with Gasteiger partial charge in [0.1, 0.15) is 18.2 Å². The smallest absolute Gasteiger partial charge is 0.158 e. The summed E-state index contributed by atoms with van der Waals surface area (Å²) in [5.41, 5.74) is 5.76. The predicted octanol–water partition coefficient (Wildman–Crippen LogP) is 0.959. The summed E-state index contributed by atoms with van der Waals surface area (Å²) in [7, 11) is 3.80. The third-order valence-corrected chi connectivity index (χ3v) is 3.48. The van der Waals surface area contributed by atoms with Gasteiger partial charge in [-0.1, -0.05) is 0 Å². The lowest BCUT2D eigenvalue weighted by molar-refractivity contribution is 0.178. The van der Waals surface area contributed by atoms with Gasteiger partial charge < -0.3 is 20.7 Å². The SMILES string of the molecule is COCc1nc(N)cc(NCC2CCN(C)CC2)n1. The molecular formula is C13H23N5O. The third kappa shape index (κ3) is 4.33. The lowest BCUT2D eigenvalue weighted by Crippen LogP contribution is -2.33. The van der Waals surface area contributed by atoms with Gasteiger partial charge in [-0.15, -0.1) is 0 Å². The van der Waals surface area contributed by atoms with Gasteiger partial charge in [0.25, 0.3) is 0 Å². The standard InChI is InChI=1S/C13H23N5O/c1-18-5-3-10(4-6-18)8-15-12-7-11(14)16-13(17-12)9-19-2/h7,10H,3-6,8-9H2,1-2H3,(H3,14,15,16,17). The molecule has 2 rings (SSSR count). The van der Waals surface area contributed by atoms with Crippen LogP contribution in [0.2, 0.25) is 0 Å². The van der Waals surface area contributed by atoms with Crippen molar-refractivity contribution in [3.8, 4) is 0 Å². The molecule has 19 heavy (non-hydrogen) atoms. The summed E-state index contributed by atoms with van der Waals surface area (Å²) >= 11 is 0. The Morgan fingerprint density at radius 1 is 1.42 bits per heavy atom.